The van der Waals surface area contributed by atoms with Gasteiger partial charge in [-0.1, -0.05) is 35.0 Å². The van der Waals surface area contributed by atoms with Gasteiger partial charge in [-0.25, -0.2) is 5.43 Å². The number of nitrogens with zero attached hydrogens (tertiary/aromatic N) is 3. The summed E-state index contributed by atoms with van der Waals surface area (Å²) in [4.78, 5) is 16.4. The van der Waals surface area contributed by atoms with Crippen molar-refractivity contribution in [2.75, 3.05) is 39.3 Å². The quantitative estimate of drug-likeness (QED) is 0.645. The molecule has 0 aromatic heterocycles. The van der Waals surface area contributed by atoms with Crippen molar-refractivity contribution in [3.05, 3.63) is 34.3 Å². The molecular weight excluding hydrogens is 332 g/mol. The number of piperazine rings is 1. The molecule has 114 valence electrons. The van der Waals surface area contributed by atoms with Crippen molar-refractivity contribution in [3.63, 3.8) is 0 Å². The number of benzene rings is 1. The zero-order valence-electron chi connectivity index (χ0n) is 12.3. The molecule has 1 aliphatic rings. The Morgan fingerprint density at radius 2 is 1.86 bits per heavy atom. The van der Waals surface area contributed by atoms with Gasteiger partial charge in [-0.15, -0.1) is 0 Å². The van der Waals surface area contributed by atoms with Gasteiger partial charge in [0.25, 0.3) is 5.91 Å². The summed E-state index contributed by atoms with van der Waals surface area (Å²) in [7, 11) is 0. The Morgan fingerprint density at radius 3 is 2.48 bits per heavy atom. The maximum Gasteiger partial charge on any atom is 0.254 e. The summed E-state index contributed by atoms with van der Waals surface area (Å²) < 4.78 is 1.02. The molecule has 1 saturated heterocycles. The van der Waals surface area contributed by atoms with Crippen LogP contribution in [0.4, 0.5) is 0 Å². The van der Waals surface area contributed by atoms with Gasteiger partial charge in [-0.3, -0.25) is 9.69 Å². The Bertz CT molecular complexity index is 481. The van der Waals surface area contributed by atoms with Crippen LogP contribution in [0.1, 0.15) is 12.5 Å². The summed E-state index contributed by atoms with van der Waals surface area (Å²) in [5.74, 6) is -0.0617. The minimum absolute atomic E-state index is 0.0617. The van der Waals surface area contributed by atoms with E-state index >= 15 is 0 Å². The van der Waals surface area contributed by atoms with Gasteiger partial charge in [0.1, 0.15) is 0 Å². The summed E-state index contributed by atoms with van der Waals surface area (Å²) in [5, 5.41) is 3.99. The number of hydrogen-bond donors (Lipinski definition) is 1. The van der Waals surface area contributed by atoms with Crippen molar-refractivity contribution in [1.29, 1.82) is 0 Å². The fourth-order valence-corrected chi connectivity index (χ4v) is 2.49. The maximum absolute atomic E-state index is 11.8. The summed E-state index contributed by atoms with van der Waals surface area (Å²) in [6.07, 6.45) is 1.65. The normalized spacial score (nSPS) is 17.2. The van der Waals surface area contributed by atoms with Crippen LogP contribution in [0.2, 0.25) is 0 Å². The molecule has 5 nitrogen and oxygen atoms in total. The number of carbonyl (C=O) groups excluding carboxylic acids is 1. The Morgan fingerprint density at radius 1 is 1.24 bits per heavy atom. The lowest BCUT2D eigenvalue weighted by Gasteiger charge is -2.33. The first-order chi connectivity index (χ1) is 10.2. The van der Waals surface area contributed by atoms with E-state index in [9.17, 15) is 4.79 Å². The van der Waals surface area contributed by atoms with Crippen molar-refractivity contribution in [2.45, 2.75) is 6.92 Å². The van der Waals surface area contributed by atoms with Crippen molar-refractivity contribution in [1.82, 2.24) is 15.2 Å². The number of rotatable bonds is 5. The predicted molar refractivity (Wildman–Crippen MR) is 88.4 cm³/mol. The van der Waals surface area contributed by atoms with E-state index in [-0.39, 0.29) is 5.91 Å². The zero-order valence-corrected chi connectivity index (χ0v) is 13.8. The van der Waals surface area contributed by atoms with E-state index in [1.165, 1.54) is 0 Å². The molecule has 0 atom stereocenters. The van der Waals surface area contributed by atoms with Gasteiger partial charge in [0.05, 0.1) is 12.8 Å². The number of hydrazone groups is 1. The van der Waals surface area contributed by atoms with Crippen LogP contribution >= 0.6 is 15.9 Å². The summed E-state index contributed by atoms with van der Waals surface area (Å²) in [6.45, 7) is 7.61. The maximum atomic E-state index is 11.8. The van der Waals surface area contributed by atoms with Crippen LogP contribution in [-0.2, 0) is 4.79 Å². The third-order valence-electron chi connectivity index (χ3n) is 3.55. The Hall–Kier alpha value is -1.24. The first-order valence-corrected chi connectivity index (χ1v) is 7.99. The highest BCUT2D eigenvalue weighted by atomic mass is 79.9. The molecular formula is C15H21BrN4O. The van der Waals surface area contributed by atoms with Gasteiger partial charge in [-0.05, 0) is 24.2 Å². The molecule has 1 aromatic carbocycles. The van der Waals surface area contributed by atoms with E-state index in [0.29, 0.717) is 6.54 Å². The van der Waals surface area contributed by atoms with E-state index in [2.05, 4.69) is 43.2 Å². The number of halogens is 1. The molecule has 1 N–H and O–H groups in total. The fraction of sp³-hybridized carbons (Fsp3) is 0.467. The van der Waals surface area contributed by atoms with Crippen LogP contribution in [0, 0.1) is 0 Å². The van der Waals surface area contributed by atoms with E-state index in [4.69, 9.17) is 0 Å². The van der Waals surface area contributed by atoms with E-state index in [1.54, 1.807) is 6.21 Å². The number of hydrogen-bond acceptors (Lipinski definition) is 4. The zero-order chi connectivity index (χ0) is 15.1. The highest BCUT2D eigenvalue weighted by Gasteiger charge is 2.17. The molecule has 1 aliphatic heterocycles. The molecule has 0 radical (unpaired) electrons. The van der Waals surface area contributed by atoms with Crippen molar-refractivity contribution < 1.29 is 4.79 Å². The first kappa shape index (κ1) is 16.1. The SMILES string of the molecule is CCN1CCN(CC(=O)N/N=C\c2ccc(Br)cc2)CC1. The predicted octanol–water partition coefficient (Wildman–Crippen LogP) is 1.54. The van der Waals surface area contributed by atoms with Crippen LogP contribution in [0.3, 0.4) is 0 Å². The molecule has 1 amide bonds. The van der Waals surface area contributed by atoms with Crippen LogP contribution in [-0.4, -0.2) is 61.2 Å². The summed E-state index contributed by atoms with van der Waals surface area (Å²) in [5.41, 5.74) is 3.54. The molecule has 2 rings (SSSR count). The lowest BCUT2D eigenvalue weighted by Crippen LogP contribution is -2.48. The largest absolute Gasteiger partial charge is 0.301 e. The summed E-state index contributed by atoms with van der Waals surface area (Å²) in [6, 6.07) is 7.75. The monoisotopic (exact) mass is 352 g/mol. The molecule has 0 saturated carbocycles. The fourth-order valence-electron chi connectivity index (χ4n) is 2.23. The Kier molecular flexibility index (Phi) is 6.35. The average Bonchev–Trinajstić information content (AvgIpc) is 2.50. The molecule has 0 spiro atoms. The first-order valence-electron chi connectivity index (χ1n) is 7.19. The number of nitrogens with one attached hydrogen (secondary N) is 1. The van der Waals surface area contributed by atoms with Crippen molar-refractivity contribution in [2.24, 2.45) is 5.10 Å². The second kappa shape index (κ2) is 8.26. The molecule has 0 aliphatic carbocycles. The van der Waals surface area contributed by atoms with E-state index < -0.39 is 0 Å². The highest BCUT2D eigenvalue weighted by Crippen LogP contribution is 2.08. The second-order valence-corrected chi connectivity index (χ2v) is 5.97. The Labute approximate surface area is 134 Å². The van der Waals surface area contributed by atoms with Crippen molar-refractivity contribution >= 4 is 28.1 Å². The van der Waals surface area contributed by atoms with Crippen LogP contribution in [0.5, 0.6) is 0 Å². The number of likely N-dealkylation sites (N-methyl/N-ethyl adjacent to an activating group) is 1. The highest BCUT2D eigenvalue weighted by molar-refractivity contribution is 9.10. The van der Waals surface area contributed by atoms with Gasteiger partial charge in [0, 0.05) is 30.7 Å². The summed E-state index contributed by atoms with van der Waals surface area (Å²) >= 11 is 3.38. The van der Waals surface area contributed by atoms with Gasteiger partial charge in [-0.2, -0.15) is 5.10 Å². The Balaban J connectivity index is 1.71. The topological polar surface area (TPSA) is 47.9 Å². The third kappa shape index (κ3) is 5.57. The third-order valence-corrected chi connectivity index (χ3v) is 4.08. The van der Waals surface area contributed by atoms with E-state index in [0.717, 1.165) is 42.8 Å². The molecule has 21 heavy (non-hydrogen) atoms. The smallest absolute Gasteiger partial charge is 0.254 e. The number of carbonyl (C=O) groups is 1. The molecule has 1 fully saturated rings. The van der Waals surface area contributed by atoms with Gasteiger partial charge in [0.15, 0.2) is 0 Å². The van der Waals surface area contributed by atoms with E-state index in [1.807, 2.05) is 24.3 Å². The molecule has 0 unspecified atom stereocenters. The molecule has 0 bridgehead atoms. The van der Waals surface area contributed by atoms with Crippen LogP contribution in [0.15, 0.2) is 33.8 Å². The van der Waals surface area contributed by atoms with Crippen molar-refractivity contribution in [3.8, 4) is 0 Å². The lowest BCUT2D eigenvalue weighted by molar-refractivity contribution is -0.122. The average molecular weight is 353 g/mol. The van der Waals surface area contributed by atoms with Gasteiger partial charge in [0.2, 0.25) is 0 Å². The minimum atomic E-state index is -0.0617. The molecule has 1 aromatic rings. The minimum Gasteiger partial charge on any atom is -0.301 e. The standard InChI is InChI=1S/C15H21BrN4O/c1-2-19-7-9-20(10-8-19)12-15(21)18-17-11-13-3-5-14(16)6-4-13/h3-6,11H,2,7-10,12H2,1H3,(H,18,21)/b17-11-. The van der Waals surface area contributed by atoms with Crippen LogP contribution in [0.25, 0.3) is 0 Å². The molecule has 1 heterocycles. The molecule has 6 heteroatoms. The second-order valence-electron chi connectivity index (χ2n) is 5.06. The lowest BCUT2D eigenvalue weighted by atomic mass is 10.2. The van der Waals surface area contributed by atoms with Crippen LogP contribution < -0.4 is 5.43 Å². The van der Waals surface area contributed by atoms with Gasteiger partial charge < -0.3 is 4.90 Å². The number of amides is 1. The van der Waals surface area contributed by atoms with Gasteiger partial charge >= 0.3 is 0 Å².